The van der Waals surface area contributed by atoms with Crippen molar-refractivity contribution in [3.05, 3.63) is 63.3 Å². The number of benzene rings is 1. The zero-order chi connectivity index (χ0) is 16.6. The summed E-state index contributed by atoms with van der Waals surface area (Å²) in [5.74, 6) is 0. The molecule has 0 aliphatic rings. The van der Waals surface area contributed by atoms with Crippen LogP contribution in [0.5, 0.6) is 0 Å². The highest BCUT2D eigenvalue weighted by molar-refractivity contribution is 5.81. The lowest BCUT2D eigenvalue weighted by Gasteiger charge is -2.23. The molecule has 120 valence electrons. The van der Waals surface area contributed by atoms with Gasteiger partial charge in [0.2, 0.25) is 0 Å². The highest BCUT2D eigenvalue weighted by atomic mass is 16.5. The summed E-state index contributed by atoms with van der Waals surface area (Å²) in [5.41, 5.74) is 4.43. The van der Waals surface area contributed by atoms with Crippen molar-refractivity contribution in [1.29, 1.82) is 0 Å². The van der Waals surface area contributed by atoms with Gasteiger partial charge in [-0.05, 0) is 56.6 Å². The van der Waals surface area contributed by atoms with E-state index in [4.69, 9.17) is 8.94 Å². The van der Waals surface area contributed by atoms with Gasteiger partial charge in [0.1, 0.15) is 17.5 Å². The Hall–Kier alpha value is -2.40. The summed E-state index contributed by atoms with van der Waals surface area (Å²) in [6.45, 7) is 6.76. The Morgan fingerprint density at radius 3 is 2.65 bits per heavy atom. The maximum Gasteiger partial charge on any atom is 0.336 e. The first-order chi connectivity index (χ1) is 11.0. The summed E-state index contributed by atoms with van der Waals surface area (Å²) in [6.07, 6.45) is 1.57. The number of fused-ring (bicyclic) bond motifs is 1. The largest absolute Gasteiger partial charge is 0.423 e. The molecule has 0 aliphatic carbocycles. The molecule has 0 fully saturated rings. The maximum absolute atomic E-state index is 11.9. The number of hydrogen-bond acceptors (Lipinski definition) is 5. The third kappa shape index (κ3) is 3.05. The standard InChI is InChI=1S/C18H20N2O3/c1-11-7-15-14(9-18(21)23-17(15)8-12(11)2)10-20(4)13(3)16-5-6-22-19-16/h5-9,13H,10H2,1-4H3/t13-/m0/s1. The van der Waals surface area contributed by atoms with Crippen LogP contribution in [0.2, 0.25) is 0 Å². The molecule has 1 aromatic carbocycles. The zero-order valence-corrected chi connectivity index (χ0v) is 13.8. The normalized spacial score (nSPS) is 12.9. The quantitative estimate of drug-likeness (QED) is 0.689. The monoisotopic (exact) mass is 312 g/mol. The highest BCUT2D eigenvalue weighted by Gasteiger charge is 2.17. The lowest BCUT2D eigenvalue weighted by atomic mass is 10.0. The van der Waals surface area contributed by atoms with Gasteiger partial charge < -0.3 is 8.94 Å². The van der Waals surface area contributed by atoms with E-state index in [0.29, 0.717) is 12.1 Å². The van der Waals surface area contributed by atoms with E-state index < -0.39 is 0 Å². The Labute approximate surface area is 134 Å². The Bertz CT molecular complexity index is 881. The first kappa shape index (κ1) is 15.5. The maximum atomic E-state index is 11.9. The number of aryl methyl sites for hydroxylation is 2. The molecule has 0 saturated heterocycles. The van der Waals surface area contributed by atoms with E-state index >= 15 is 0 Å². The third-order valence-electron chi connectivity index (χ3n) is 4.41. The van der Waals surface area contributed by atoms with Crippen LogP contribution in [-0.4, -0.2) is 17.1 Å². The van der Waals surface area contributed by atoms with E-state index in [1.807, 2.05) is 26.1 Å². The molecule has 0 aliphatic heterocycles. The van der Waals surface area contributed by atoms with Gasteiger partial charge in [0.15, 0.2) is 0 Å². The van der Waals surface area contributed by atoms with E-state index in [0.717, 1.165) is 22.2 Å². The number of aromatic nitrogens is 1. The fourth-order valence-corrected chi connectivity index (χ4v) is 2.68. The van der Waals surface area contributed by atoms with Gasteiger partial charge in [-0.3, -0.25) is 4.90 Å². The van der Waals surface area contributed by atoms with Crippen molar-refractivity contribution in [2.75, 3.05) is 7.05 Å². The fourth-order valence-electron chi connectivity index (χ4n) is 2.68. The number of hydrogen-bond donors (Lipinski definition) is 0. The first-order valence-electron chi connectivity index (χ1n) is 7.60. The molecule has 0 amide bonds. The minimum atomic E-state index is -0.321. The molecule has 1 atom stereocenters. The SMILES string of the molecule is Cc1cc2oc(=O)cc(CN(C)[C@@H](C)c3ccon3)c2cc1C. The van der Waals surface area contributed by atoms with E-state index in [1.165, 1.54) is 5.56 Å². The average molecular weight is 312 g/mol. The Balaban J connectivity index is 1.99. The van der Waals surface area contributed by atoms with Crippen molar-refractivity contribution >= 4 is 11.0 Å². The van der Waals surface area contributed by atoms with Gasteiger partial charge in [0.05, 0.1) is 6.04 Å². The van der Waals surface area contributed by atoms with Crippen molar-refractivity contribution in [3.8, 4) is 0 Å². The predicted molar refractivity (Wildman–Crippen MR) is 88.3 cm³/mol. The highest BCUT2D eigenvalue weighted by Crippen LogP contribution is 2.25. The molecule has 23 heavy (non-hydrogen) atoms. The van der Waals surface area contributed by atoms with Crippen LogP contribution in [0.3, 0.4) is 0 Å². The van der Waals surface area contributed by atoms with Crippen LogP contribution in [0.4, 0.5) is 0 Å². The Kier molecular flexibility index (Phi) is 4.05. The van der Waals surface area contributed by atoms with Gasteiger partial charge in [-0.2, -0.15) is 0 Å². The summed E-state index contributed by atoms with van der Waals surface area (Å²) >= 11 is 0. The lowest BCUT2D eigenvalue weighted by Crippen LogP contribution is -2.23. The van der Waals surface area contributed by atoms with E-state index in [-0.39, 0.29) is 11.7 Å². The van der Waals surface area contributed by atoms with Gasteiger partial charge in [0, 0.05) is 24.1 Å². The molecule has 3 aromatic rings. The van der Waals surface area contributed by atoms with E-state index in [2.05, 4.69) is 30.0 Å². The van der Waals surface area contributed by atoms with Gasteiger partial charge in [0.25, 0.3) is 0 Å². The summed E-state index contributed by atoms with van der Waals surface area (Å²) < 4.78 is 10.3. The Morgan fingerprint density at radius 2 is 1.96 bits per heavy atom. The van der Waals surface area contributed by atoms with Crippen LogP contribution in [0.15, 0.2) is 44.3 Å². The first-order valence-corrected chi connectivity index (χ1v) is 7.60. The van der Waals surface area contributed by atoms with Gasteiger partial charge in [-0.1, -0.05) is 5.16 Å². The minimum Gasteiger partial charge on any atom is -0.423 e. The molecule has 0 saturated carbocycles. The second kappa shape index (κ2) is 6.01. The van der Waals surface area contributed by atoms with Gasteiger partial charge in [-0.15, -0.1) is 0 Å². The predicted octanol–water partition coefficient (Wildman–Crippen LogP) is 3.59. The van der Waals surface area contributed by atoms with Crippen LogP contribution in [0, 0.1) is 13.8 Å². The lowest BCUT2D eigenvalue weighted by molar-refractivity contribution is 0.241. The smallest absolute Gasteiger partial charge is 0.336 e. The minimum absolute atomic E-state index is 0.0857. The third-order valence-corrected chi connectivity index (χ3v) is 4.41. The second-order valence-electron chi connectivity index (χ2n) is 6.04. The van der Waals surface area contributed by atoms with Crippen LogP contribution in [0.1, 0.15) is 35.3 Å². The average Bonchev–Trinajstić information content (AvgIpc) is 3.02. The number of nitrogens with zero attached hydrogens (tertiary/aromatic N) is 2. The molecule has 0 bridgehead atoms. The van der Waals surface area contributed by atoms with Gasteiger partial charge in [-0.25, -0.2) is 4.79 Å². The molecular formula is C18H20N2O3. The molecule has 0 unspecified atom stereocenters. The molecule has 0 N–H and O–H groups in total. The van der Waals surface area contributed by atoms with Crippen molar-refractivity contribution < 1.29 is 8.94 Å². The molecule has 2 heterocycles. The van der Waals surface area contributed by atoms with Gasteiger partial charge >= 0.3 is 5.63 Å². The van der Waals surface area contributed by atoms with Crippen LogP contribution in [0.25, 0.3) is 11.0 Å². The molecule has 3 rings (SSSR count). The molecule has 5 heteroatoms. The van der Waals surface area contributed by atoms with Crippen molar-refractivity contribution in [1.82, 2.24) is 10.1 Å². The fraction of sp³-hybridized carbons (Fsp3) is 0.333. The van der Waals surface area contributed by atoms with Crippen LogP contribution >= 0.6 is 0 Å². The summed E-state index contributed by atoms with van der Waals surface area (Å²) in [4.78, 5) is 14.0. The van der Waals surface area contributed by atoms with Crippen LogP contribution in [-0.2, 0) is 6.54 Å². The molecular weight excluding hydrogens is 292 g/mol. The zero-order valence-electron chi connectivity index (χ0n) is 13.8. The van der Waals surface area contributed by atoms with Crippen molar-refractivity contribution in [3.63, 3.8) is 0 Å². The van der Waals surface area contributed by atoms with Crippen molar-refractivity contribution in [2.24, 2.45) is 0 Å². The molecule has 2 aromatic heterocycles. The topological polar surface area (TPSA) is 59.5 Å². The van der Waals surface area contributed by atoms with E-state index in [1.54, 1.807) is 12.3 Å². The Morgan fingerprint density at radius 1 is 1.22 bits per heavy atom. The van der Waals surface area contributed by atoms with Crippen LogP contribution < -0.4 is 5.63 Å². The number of rotatable bonds is 4. The summed E-state index contributed by atoms with van der Waals surface area (Å²) in [7, 11) is 2.00. The second-order valence-corrected chi connectivity index (χ2v) is 6.04. The molecule has 5 nitrogen and oxygen atoms in total. The van der Waals surface area contributed by atoms with E-state index in [9.17, 15) is 4.79 Å². The van der Waals surface area contributed by atoms with Crippen molar-refractivity contribution in [2.45, 2.75) is 33.4 Å². The molecule has 0 spiro atoms. The summed E-state index contributed by atoms with van der Waals surface area (Å²) in [6, 6.07) is 7.52. The summed E-state index contributed by atoms with van der Waals surface area (Å²) in [5, 5.41) is 4.97. The molecule has 0 radical (unpaired) electrons.